The van der Waals surface area contributed by atoms with Crippen LogP contribution in [0.4, 0.5) is 5.69 Å². The molecule has 0 aliphatic heterocycles. The highest BCUT2D eigenvalue weighted by Crippen LogP contribution is 2.23. The zero-order chi connectivity index (χ0) is 17.2. The largest absolute Gasteiger partial charge is 0.493 e. The molecule has 0 saturated carbocycles. The lowest BCUT2D eigenvalue weighted by molar-refractivity contribution is 0.308. The molecule has 128 valence electrons. The van der Waals surface area contributed by atoms with Crippen LogP contribution in [0.2, 0.25) is 0 Å². The first-order chi connectivity index (χ1) is 11.7. The van der Waals surface area contributed by atoms with Gasteiger partial charge in [-0.1, -0.05) is 30.3 Å². The SMILES string of the molecule is CCN=C(N)Nc1ccc(OCCCc2ccccc2)c(CN)c1. The number of nitrogens with zero attached hydrogens (tertiary/aromatic N) is 1. The summed E-state index contributed by atoms with van der Waals surface area (Å²) in [7, 11) is 0. The molecule has 0 saturated heterocycles. The average molecular weight is 326 g/mol. The van der Waals surface area contributed by atoms with Crippen molar-refractivity contribution in [2.45, 2.75) is 26.3 Å². The first-order valence-corrected chi connectivity index (χ1v) is 8.29. The van der Waals surface area contributed by atoms with Crippen molar-refractivity contribution in [3.05, 3.63) is 59.7 Å². The van der Waals surface area contributed by atoms with Crippen molar-refractivity contribution < 1.29 is 4.74 Å². The van der Waals surface area contributed by atoms with E-state index in [4.69, 9.17) is 16.2 Å². The number of rotatable bonds is 8. The van der Waals surface area contributed by atoms with E-state index in [0.29, 0.717) is 25.7 Å². The first-order valence-electron chi connectivity index (χ1n) is 8.29. The zero-order valence-electron chi connectivity index (χ0n) is 14.2. The Morgan fingerprint density at radius 1 is 1.17 bits per heavy atom. The van der Waals surface area contributed by atoms with E-state index in [-0.39, 0.29) is 0 Å². The van der Waals surface area contributed by atoms with Gasteiger partial charge in [-0.3, -0.25) is 4.99 Å². The van der Waals surface area contributed by atoms with E-state index in [2.05, 4.69) is 34.6 Å². The van der Waals surface area contributed by atoms with Crippen LogP contribution in [-0.2, 0) is 13.0 Å². The Bertz CT molecular complexity index is 656. The summed E-state index contributed by atoms with van der Waals surface area (Å²) in [4.78, 5) is 4.11. The van der Waals surface area contributed by atoms with Crippen molar-refractivity contribution in [2.75, 3.05) is 18.5 Å². The van der Waals surface area contributed by atoms with Crippen molar-refractivity contribution in [2.24, 2.45) is 16.5 Å². The Balaban J connectivity index is 1.89. The molecule has 2 aromatic rings. The Morgan fingerprint density at radius 3 is 2.67 bits per heavy atom. The lowest BCUT2D eigenvalue weighted by atomic mass is 10.1. The van der Waals surface area contributed by atoms with Crippen LogP contribution in [0.15, 0.2) is 53.5 Å². The minimum absolute atomic E-state index is 0.400. The number of aliphatic imine (C=N–C) groups is 1. The predicted molar refractivity (Wildman–Crippen MR) is 100 cm³/mol. The highest BCUT2D eigenvalue weighted by molar-refractivity contribution is 5.92. The Hall–Kier alpha value is -2.53. The molecule has 2 aromatic carbocycles. The maximum Gasteiger partial charge on any atom is 0.193 e. The smallest absolute Gasteiger partial charge is 0.193 e. The summed E-state index contributed by atoms with van der Waals surface area (Å²) >= 11 is 0. The molecule has 24 heavy (non-hydrogen) atoms. The lowest BCUT2D eigenvalue weighted by Gasteiger charge is -2.13. The van der Waals surface area contributed by atoms with E-state index in [1.54, 1.807) is 0 Å². The number of anilines is 1. The monoisotopic (exact) mass is 326 g/mol. The van der Waals surface area contributed by atoms with Crippen molar-refractivity contribution in [1.29, 1.82) is 0 Å². The summed E-state index contributed by atoms with van der Waals surface area (Å²) in [6.07, 6.45) is 1.96. The zero-order valence-corrected chi connectivity index (χ0v) is 14.2. The standard InChI is InChI=1S/C19H26N4O/c1-2-22-19(21)23-17-10-11-18(16(13-17)14-20)24-12-6-9-15-7-4-3-5-8-15/h3-5,7-8,10-11,13H,2,6,9,12,14,20H2,1H3,(H3,21,22,23). The van der Waals surface area contributed by atoms with Crippen LogP contribution in [0, 0.1) is 0 Å². The third-order valence-electron chi connectivity index (χ3n) is 3.59. The van der Waals surface area contributed by atoms with Crippen molar-refractivity contribution in [3.8, 4) is 5.75 Å². The van der Waals surface area contributed by atoms with Crippen LogP contribution in [0.25, 0.3) is 0 Å². The highest BCUT2D eigenvalue weighted by Gasteiger charge is 2.05. The molecule has 5 N–H and O–H groups in total. The minimum Gasteiger partial charge on any atom is -0.493 e. The molecule has 0 unspecified atom stereocenters. The summed E-state index contributed by atoms with van der Waals surface area (Å²) in [6, 6.07) is 16.2. The Labute approximate surface area is 143 Å². The van der Waals surface area contributed by atoms with Gasteiger partial charge in [0.15, 0.2) is 5.96 Å². The van der Waals surface area contributed by atoms with Gasteiger partial charge < -0.3 is 21.5 Å². The number of ether oxygens (including phenoxy) is 1. The fourth-order valence-electron chi connectivity index (χ4n) is 2.42. The number of aryl methyl sites for hydroxylation is 1. The molecular formula is C19H26N4O. The molecule has 0 amide bonds. The molecule has 0 aromatic heterocycles. The normalized spacial score (nSPS) is 11.3. The highest BCUT2D eigenvalue weighted by atomic mass is 16.5. The van der Waals surface area contributed by atoms with Crippen LogP contribution in [0.5, 0.6) is 5.75 Å². The minimum atomic E-state index is 0.400. The van der Waals surface area contributed by atoms with Gasteiger partial charge in [-0.25, -0.2) is 0 Å². The maximum atomic E-state index is 5.89. The number of hydrogen-bond donors (Lipinski definition) is 3. The van der Waals surface area contributed by atoms with Gasteiger partial charge in [0.25, 0.3) is 0 Å². The second kappa shape index (κ2) is 9.57. The number of hydrogen-bond acceptors (Lipinski definition) is 3. The Morgan fingerprint density at radius 2 is 1.96 bits per heavy atom. The molecule has 5 nitrogen and oxygen atoms in total. The van der Waals surface area contributed by atoms with Crippen molar-refractivity contribution in [1.82, 2.24) is 0 Å². The number of benzene rings is 2. The first kappa shape index (κ1) is 17.8. The van der Waals surface area contributed by atoms with Crippen LogP contribution < -0.4 is 21.5 Å². The van der Waals surface area contributed by atoms with Crippen molar-refractivity contribution in [3.63, 3.8) is 0 Å². The molecule has 0 aliphatic carbocycles. The van der Waals surface area contributed by atoms with E-state index in [1.807, 2.05) is 31.2 Å². The molecule has 0 atom stereocenters. The van der Waals surface area contributed by atoms with Gasteiger partial charge in [-0.15, -0.1) is 0 Å². The van der Waals surface area contributed by atoms with E-state index in [0.717, 1.165) is 29.8 Å². The topological polar surface area (TPSA) is 85.7 Å². The summed E-state index contributed by atoms with van der Waals surface area (Å²) in [5.41, 5.74) is 14.7. The molecule has 2 rings (SSSR count). The number of guanidine groups is 1. The van der Waals surface area contributed by atoms with Gasteiger partial charge in [-0.2, -0.15) is 0 Å². The van der Waals surface area contributed by atoms with Gasteiger partial charge in [-0.05, 0) is 43.5 Å². The third-order valence-corrected chi connectivity index (χ3v) is 3.59. The van der Waals surface area contributed by atoms with Gasteiger partial charge in [0.1, 0.15) is 5.75 Å². The van der Waals surface area contributed by atoms with Crippen molar-refractivity contribution >= 4 is 11.6 Å². The van der Waals surface area contributed by atoms with Gasteiger partial charge >= 0.3 is 0 Å². The molecule has 0 spiro atoms. The molecular weight excluding hydrogens is 300 g/mol. The van der Waals surface area contributed by atoms with Crippen LogP contribution in [-0.4, -0.2) is 19.1 Å². The van der Waals surface area contributed by atoms with E-state index in [1.165, 1.54) is 5.56 Å². The van der Waals surface area contributed by atoms with Gasteiger partial charge in [0, 0.05) is 24.3 Å². The molecule has 0 aliphatic rings. The predicted octanol–water partition coefficient (Wildman–Crippen LogP) is 2.90. The summed E-state index contributed by atoms with van der Waals surface area (Å²) in [5.74, 6) is 1.22. The fourth-order valence-corrected chi connectivity index (χ4v) is 2.42. The van der Waals surface area contributed by atoms with Gasteiger partial charge in [0.2, 0.25) is 0 Å². The second-order valence-corrected chi connectivity index (χ2v) is 5.45. The molecule has 0 radical (unpaired) electrons. The second-order valence-electron chi connectivity index (χ2n) is 5.45. The molecule has 0 heterocycles. The molecule has 5 heteroatoms. The van der Waals surface area contributed by atoms with Crippen LogP contribution in [0.3, 0.4) is 0 Å². The molecule has 0 bridgehead atoms. The average Bonchev–Trinajstić information content (AvgIpc) is 2.60. The lowest BCUT2D eigenvalue weighted by Crippen LogP contribution is -2.22. The quantitative estimate of drug-likeness (QED) is 0.395. The number of nitrogens with one attached hydrogen (secondary N) is 1. The molecule has 0 fully saturated rings. The Kier molecular flexibility index (Phi) is 7.11. The maximum absolute atomic E-state index is 5.89. The fraction of sp³-hybridized carbons (Fsp3) is 0.316. The van der Waals surface area contributed by atoms with E-state index < -0.39 is 0 Å². The summed E-state index contributed by atoms with van der Waals surface area (Å²) in [6.45, 7) is 3.65. The summed E-state index contributed by atoms with van der Waals surface area (Å²) in [5, 5.41) is 3.05. The van der Waals surface area contributed by atoms with Gasteiger partial charge in [0.05, 0.1) is 6.61 Å². The van der Waals surface area contributed by atoms with E-state index in [9.17, 15) is 0 Å². The number of nitrogens with two attached hydrogens (primary N) is 2. The van der Waals surface area contributed by atoms with E-state index >= 15 is 0 Å². The van der Waals surface area contributed by atoms with Crippen LogP contribution in [0.1, 0.15) is 24.5 Å². The third kappa shape index (κ3) is 5.59. The summed E-state index contributed by atoms with van der Waals surface area (Å²) < 4.78 is 5.89. The van der Waals surface area contributed by atoms with Crippen LogP contribution >= 0.6 is 0 Å².